The van der Waals surface area contributed by atoms with Crippen LogP contribution in [0.5, 0.6) is 5.75 Å². The number of benzene rings is 1. The molecule has 1 N–H and O–H groups in total. The number of pyridine rings is 1. The van der Waals surface area contributed by atoms with E-state index in [0.717, 1.165) is 29.9 Å². The van der Waals surface area contributed by atoms with E-state index in [1.807, 2.05) is 24.4 Å². The third-order valence-electron chi connectivity index (χ3n) is 4.32. The van der Waals surface area contributed by atoms with Crippen molar-refractivity contribution < 1.29 is 4.74 Å². The second-order valence-electron chi connectivity index (χ2n) is 5.69. The van der Waals surface area contributed by atoms with Crippen molar-refractivity contribution in [1.82, 2.24) is 4.98 Å². The van der Waals surface area contributed by atoms with Crippen molar-refractivity contribution >= 4 is 28.2 Å². The number of rotatable bonds is 4. The standard InChI is InChI=1S/C17H21ClN2O/c1-21-14-7-6-12-8-9-19-17(15(12)10-14)20-11-13-4-2-3-5-16(13)18/h6-10,13,16H,2-5,11H2,1H3,(H,19,20). The first-order valence-corrected chi connectivity index (χ1v) is 8.02. The maximum Gasteiger partial charge on any atom is 0.133 e. The van der Waals surface area contributed by atoms with Crippen molar-refractivity contribution in [2.24, 2.45) is 5.92 Å². The Kier molecular flexibility index (Phi) is 4.49. The summed E-state index contributed by atoms with van der Waals surface area (Å²) in [6, 6.07) is 8.09. The predicted molar refractivity (Wildman–Crippen MR) is 88.4 cm³/mol. The number of anilines is 1. The fourth-order valence-corrected chi connectivity index (χ4v) is 3.40. The highest BCUT2D eigenvalue weighted by atomic mass is 35.5. The fourth-order valence-electron chi connectivity index (χ4n) is 3.04. The quantitative estimate of drug-likeness (QED) is 0.847. The van der Waals surface area contributed by atoms with Crippen LogP contribution in [0.2, 0.25) is 0 Å². The van der Waals surface area contributed by atoms with Crippen molar-refractivity contribution in [2.45, 2.75) is 31.1 Å². The lowest BCUT2D eigenvalue weighted by atomic mass is 9.89. The molecule has 3 nitrogen and oxygen atoms in total. The zero-order chi connectivity index (χ0) is 14.7. The van der Waals surface area contributed by atoms with Crippen molar-refractivity contribution in [2.75, 3.05) is 19.0 Å². The third kappa shape index (κ3) is 3.24. The van der Waals surface area contributed by atoms with E-state index in [1.54, 1.807) is 7.11 Å². The van der Waals surface area contributed by atoms with Gasteiger partial charge in [0.1, 0.15) is 11.6 Å². The Bertz CT molecular complexity index is 617. The second kappa shape index (κ2) is 6.52. The van der Waals surface area contributed by atoms with Crippen LogP contribution in [-0.4, -0.2) is 24.0 Å². The summed E-state index contributed by atoms with van der Waals surface area (Å²) >= 11 is 6.43. The molecule has 21 heavy (non-hydrogen) atoms. The van der Waals surface area contributed by atoms with Gasteiger partial charge in [0.2, 0.25) is 0 Å². The Morgan fingerprint density at radius 2 is 2.14 bits per heavy atom. The zero-order valence-corrected chi connectivity index (χ0v) is 13.1. The van der Waals surface area contributed by atoms with Crippen molar-refractivity contribution in [3.63, 3.8) is 0 Å². The highest BCUT2D eigenvalue weighted by Crippen LogP contribution is 2.30. The summed E-state index contributed by atoms with van der Waals surface area (Å²) < 4.78 is 5.31. The third-order valence-corrected chi connectivity index (χ3v) is 4.90. The lowest BCUT2D eigenvalue weighted by Crippen LogP contribution is -2.27. The average Bonchev–Trinajstić information content (AvgIpc) is 2.53. The minimum absolute atomic E-state index is 0.288. The number of aromatic nitrogens is 1. The summed E-state index contributed by atoms with van der Waals surface area (Å²) in [6.45, 7) is 0.886. The summed E-state index contributed by atoms with van der Waals surface area (Å²) in [5, 5.41) is 6.04. The van der Waals surface area contributed by atoms with Crippen LogP contribution in [0.3, 0.4) is 0 Å². The molecule has 3 rings (SSSR count). The van der Waals surface area contributed by atoms with Gasteiger partial charge in [0, 0.05) is 23.5 Å². The number of methoxy groups -OCH3 is 1. The van der Waals surface area contributed by atoms with Crippen LogP contribution in [0.4, 0.5) is 5.82 Å². The molecule has 4 heteroatoms. The number of hydrogen-bond acceptors (Lipinski definition) is 3. The summed E-state index contributed by atoms with van der Waals surface area (Å²) in [5.74, 6) is 2.30. The Hall–Kier alpha value is -1.48. The van der Waals surface area contributed by atoms with Gasteiger partial charge in [-0.15, -0.1) is 11.6 Å². The van der Waals surface area contributed by atoms with Crippen LogP contribution < -0.4 is 10.1 Å². The van der Waals surface area contributed by atoms with E-state index < -0.39 is 0 Å². The predicted octanol–water partition coefficient (Wildman–Crippen LogP) is 4.45. The summed E-state index contributed by atoms with van der Waals surface area (Å²) in [4.78, 5) is 4.48. The van der Waals surface area contributed by atoms with Gasteiger partial charge in [-0.3, -0.25) is 0 Å². The lowest BCUT2D eigenvalue weighted by molar-refractivity contribution is 0.380. The van der Waals surface area contributed by atoms with Crippen LogP contribution in [0.15, 0.2) is 30.5 Å². The molecular formula is C17H21ClN2O. The largest absolute Gasteiger partial charge is 0.497 e. The summed E-state index contributed by atoms with van der Waals surface area (Å²) in [5.41, 5.74) is 0. The molecule has 1 aliphatic carbocycles. The molecular weight excluding hydrogens is 284 g/mol. The number of nitrogens with one attached hydrogen (secondary N) is 1. The smallest absolute Gasteiger partial charge is 0.133 e. The minimum atomic E-state index is 0.288. The Morgan fingerprint density at radius 1 is 1.29 bits per heavy atom. The van der Waals surface area contributed by atoms with E-state index in [9.17, 15) is 0 Å². The van der Waals surface area contributed by atoms with Gasteiger partial charge in [-0.05, 0) is 42.3 Å². The Labute approximate surface area is 130 Å². The first-order valence-electron chi connectivity index (χ1n) is 7.58. The van der Waals surface area contributed by atoms with Gasteiger partial charge < -0.3 is 10.1 Å². The van der Waals surface area contributed by atoms with E-state index in [0.29, 0.717) is 5.92 Å². The molecule has 0 radical (unpaired) electrons. The first-order chi connectivity index (χ1) is 10.3. The number of hydrogen-bond donors (Lipinski definition) is 1. The summed E-state index contributed by atoms with van der Waals surface area (Å²) in [6.07, 6.45) is 6.72. The molecule has 0 aliphatic heterocycles. The molecule has 112 valence electrons. The summed E-state index contributed by atoms with van der Waals surface area (Å²) in [7, 11) is 1.69. The SMILES string of the molecule is COc1ccc2ccnc(NCC3CCCCC3Cl)c2c1. The van der Waals surface area contributed by atoms with Crippen LogP contribution in [0, 0.1) is 5.92 Å². The van der Waals surface area contributed by atoms with E-state index in [2.05, 4.69) is 16.4 Å². The van der Waals surface area contributed by atoms with Crippen molar-refractivity contribution in [3.05, 3.63) is 30.5 Å². The number of nitrogens with zero attached hydrogens (tertiary/aromatic N) is 1. The molecule has 2 unspecified atom stereocenters. The monoisotopic (exact) mass is 304 g/mol. The van der Waals surface area contributed by atoms with Gasteiger partial charge in [-0.1, -0.05) is 18.9 Å². The van der Waals surface area contributed by atoms with E-state index >= 15 is 0 Å². The van der Waals surface area contributed by atoms with Gasteiger partial charge in [0.15, 0.2) is 0 Å². The number of fused-ring (bicyclic) bond motifs is 1. The van der Waals surface area contributed by atoms with E-state index in [4.69, 9.17) is 16.3 Å². The lowest BCUT2D eigenvalue weighted by Gasteiger charge is -2.27. The Morgan fingerprint density at radius 3 is 2.95 bits per heavy atom. The molecule has 1 fully saturated rings. The van der Waals surface area contributed by atoms with Crippen molar-refractivity contribution in [1.29, 1.82) is 0 Å². The molecule has 0 spiro atoms. The molecule has 0 amide bonds. The molecule has 0 bridgehead atoms. The van der Waals surface area contributed by atoms with Gasteiger partial charge in [0.05, 0.1) is 7.11 Å². The maximum atomic E-state index is 6.43. The number of ether oxygens (including phenoxy) is 1. The van der Waals surface area contributed by atoms with Gasteiger partial charge in [0.25, 0.3) is 0 Å². The molecule has 1 heterocycles. The normalized spacial score (nSPS) is 22.2. The highest BCUT2D eigenvalue weighted by Gasteiger charge is 2.23. The van der Waals surface area contributed by atoms with Crippen LogP contribution in [0.1, 0.15) is 25.7 Å². The van der Waals surface area contributed by atoms with Crippen LogP contribution in [0.25, 0.3) is 10.8 Å². The average molecular weight is 305 g/mol. The van der Waals surface area contributed by atoms with Crippen LogP contribution in [-0.2, 0) is 0 Å². The highest BCUT2D eigenvalue weighted by molar-refractivity contribution is 6.20. The molecule has 1 aromatic heterocycles. The van der Waals surface area contributed by atoms with Crippen molar-refractivity contribution in [3.8, 4) is 5.75 Å². The van der Waals surface area contributed by atoms with Gasteiger partial charge >= 0.3 is 0 Å². The number of halogens is 1. The topological polar surface area (TPSA) is 34.1 Å². The fraction of sp³-hybridized carbons (Fsp3) is 0.471. The number of alkyl halides is 1. The molecule has 1 aliphatic rings. The van der Waals surface area contributed by atoms with Crippen LogP contribution >= 0.6 is 11.6 Å². The van der Waals surface area contributed by atoms with E-state index in [-0.39, 0.29) is 5.38 Å². The van der Waals surface area contributed by atoms with E-state index in [1.165, 1.54) is 24.6 Å². The Balaban J connectivity index is 1.79. The first kappa shape index (κ1) is 14.5. The molecule has 2 atom stereocenters. The molecule has 1 saturated carbocycles. The molecule has 2 aromatic rings. The second-order valence-corrected chi connectivity index (χ2v) is 6.25. The van der Waals surface area contributed by atoms with Gasteiger partial charge in [-0.25, -0.2) is 4.98 Å². The molecule has 0 saturated heterocycles. The van der Waals surface area contributed by atoms with Gasteiger partial charge in [-0.2, -0.15) is 0 Å². The zero-order valence-electron chi connectivity index (χ0n) is 12.3. The maximum absolute atomic E-state index is 6.43. The minimum Gasteiger partial charge on any atom is -0.497 e. The molecule has 1 aromatic carbocycles.